The molecular weight excluding hydrogens is 313 g/mol. The number of nitrogens with zero attached hydrogens (tertiary/aromatic N) is 1. The van der Waals surface area contributed by atoms with Crippen molar-refractivity contribution in [1.82, 2.24) is 5.32 Å². The third-order valence-corrected chi connectivity index (χ3v) is 4.10. The van der Waals surface area contributed by atoms with Gasteiger partial charge in [0.1, 0.15) is 5.82 Å². The summed E-state index contributed by atoms with van der Waals surface area (Å²) in [4.78, 5) is 0. The number of rotatable bonds is 8. The Balaban J connectivity index is 1.93. The van der Waals surface area contributed by atoms with Crippen molar-refractivity contribution in [3.63, 3.8) is 0 Å². The summed E-state index contributed by atoms with van der Waals surface area (Å²) in [6, 6.07) is 15.0. The van der Waals surface area contributed by atoms with Crippen LogP contribution in [0.3, 0.4) is 0 Å². The predicted octanol–water partition coefficient (Wildman–Crippen LogP) is 4.47. The predicted molar refractivity (Wildman–Crippen MR) is 100 cm³/mol. The monoisotopic (exact) mass is 335 g/mol. The molecule has 128 valence electrons. The number of nitrogens with one attached hydrogen (secondary N) is 2. The molecule has 2 aromatic carbocycles. The van der Waals surface area contributed by atoms with Crippen molar-refractivity contribution >= 4 is 11.9 Å². The molecule has 2 aromatic rings. The van der Waals surface area contributed by atoms with Gasteiger partial charge in [-0.25, -0.2) is 4.39 Å². The maximum Gasteiger partial charge on any atom is 0.132 e. The molecule has 0 aliphatic heterocycles. The fourth-order valence-corrected chi connectivity index (χ4v) is 2.73. The maximum absolute atomic E-state index is 14.0. The van der Waals surface area contributed by atoms with Crippen LogP contribution in [0.5, 0.6) is 0 Å². The van der Waals surface area contributed by atoms with E-state index in [0.717, 1.165) is 37.5 Å². The Bertz CT molecular complexity index is 786. The van der Waals surface area contributed by atoms with E-state index in [9.17, 15) is 4.39 Å². The topological polar surface area (TPSA) is 59.7 Å². The van der Waals surface area contributed by atoms with E-state index in [1.54, 1.807) is 13.1 Å². The zero-order valence-electron chi connectivity index (χ0n) is 14.3. The van der Waals surface area contributed by atoms with Crippen LogP contribution in [0.15, 0.2) is 48.5 Å². The standard InChI is InChI=1S/C21H22FN3/c1-25-21(12-13-23)19-14-17(10-11-20(19)22)5-3-2-4-16-6-8-18(15-24)9-7-16/h6-14,23,25H,2-5H2,1H3/b21-12-,23-13?. The van der Waals surface area contributed by atoms with Crippen LogP contribution in [0.4, 0.5) is 4.39 Å². The van der Waals surface area contributed by atoms with E-state index >= 15 is 0 Å². The van der Waals surface area contributed by atoms with Gasteiger partial charge in [-0.3, -0.25) is 0 Å². The molecule has 0 aromatic heterocycles. The largest absolute Gasteiger partial charge is 0.388 e. The fourth-order valence-electron chi connectivity index (χ4n) is 2.73. The summed E-state index contributed by atoms with van der Waals surface area (Å²) in [6.45, 7) is 0. The number of nitriles is 1. The van der Waals surface area contributed by atoms with Gasteiger partial charge in [-0.2, -0.15) is 5.26 Å². The first kappa shape index (κ1) is 18.4. The molecule has 0 heterocycles. The van der Waals surface area contributed by atoms with E-state index in [2.05, 4.69) is 11.4 Å². The van der Waals surface area contributed by atoms with Crippen LogP contribution in [0.2, 0.25) is 0 Å². The number of unbranched alkanes of at least 4 members (excludes halogenated alkanes) is 1. The second-order valence-electron chi connectivity index (χ2n) is 5.83. The summed E-state index contributed by atoms with van der Waals surface area (Å²) in [6.07, 6.45) is 6.59. The highest BCUT2D eigenvalue weighted by Crippen LogP contribution is 2.19. The van der Waals surface area contributed by atoms with Gasteiger partial charge in [0.15, 0.2) is 0 Å². The highest BCUT2D eigenvalue weighted by atomic mass is 19.1. The van der Waals surface area contributed by atoms with Crippen LogP contribution < -0.4 is 5.32 Å². The lowest BCUT2D eigenvalue weighted by atomic mass is 10.0. The molecular formula is C21H22FN3. The second kappa shape index (κ2) is 9.39. The third-order valence-electron chi connectivity index (χ3n) is 4.10. The van der Waals surface area contributed by atoms with Crippen LogP contribution in [-0.4, -0.2) is 13.3 Å². The second-order valence-corrected chi connectivity index (χ2v) is 5.83. The zero-order valence-corrected chi connectivity index (χ0v) is 14.3. The third kappa shape index (κ3) is 5.29. The first-order chi connectivity index (χ1) is 12.2. The normalized spacial score (nSPS) is 11.0. The zero-order chi connectivity index (χ0) is 18.1. The summed E-state index contributed by atoms with van der Waals surface area (Å²) in [7, 11) is 1.72. The van der Waals surface area contributed by atoms with Gasteiger partial charge in [-0.15, -0.1) is 0 Å². The summed E-state index contributed by atoms with van der Waals surface area (Å²) in [5.41, 5.74) is 4.09. The van der Waals surface area contributed by atoms with Crippen molar-refractivity contribution < 1.29 is 4.39 Å². The van der Waals surface area contributed by atoms with E-state index in [1.807, 2.05) is 36.4 Å². The highest BCUT2D eigenvalue weighted by Gasteiger charge is 2.07. The molecule has 0 bridgehead atoms. The molecule has 2 rings (SSSR count). The van der Waals surface area contributed by atoms with Crippen molar-refractivity contribution in [3.05, 3.63) is 76.6 Å². The highest BCUT2D eigenvalue weighted by molar-refractivity contribution is 5.82. The fraction of sp³-hybridized carbons (Fsp3) is 0.238. The van der Waals surface area contributed by atoms with Crippen molar-refractivity contribution in [1.29, 1.82) is 10.7 Å². The van der Waals surface area contributed by atoms with E-state index in [0.29, 0.717) is 16.8 Å². The molecule has 4 heteroatoms. The molecule has 0 saturated carbocycles. The van der Waals surface area contributed by atoms with Gasteiger partial charge in [0, 0.05) is 24.5 Å². The molecule has 0 fully saturated rings. The Morgan fingerprint density at radius 2 is 1.76 bits per heavy atom. The lowest BCUT2D eigenvalue weighted by molar-refractivity contribution is 0.621. The van der Waals surface area contributed by atoms with Gasteiger partial charge >= 0.3 is 0 Å². The molecule has 0 amide bonds. The minimum absolute atomic E-state index is 0.288. The Hall–Kier alpha value is -2.93. The summed E-state index contributed by atoms with van der Waals surface area (Å²) < 4.78 is 14.0. The van der Waals surface area contributed by atoms with Crippen LogP contribution in [0.25, 0.3) is 5.70 Å². The Morgan fingerprint density at radius 1 is 1.12 bits per heavy atom. The quantitative estimate of drug-likeness (QED) is 0.552. The lowest BCUT2D eigenvalue weighted by Crippen LogP contribution is -2.07. The molecule has 0 atom stereocenters. The van der Waals surface area contributed by atoms with Gasteiger partial charge in [0.05, 0.1) is 11.6 Å². The molecule has 0 radical (unpaired) electrons. The van der Waals surface area contributed by atoms with Gasteiger partial charge in [-0.1, -0.05) is 18.2 Å². The minimum Gasteiger partial charge on any atom is -0.388 e. The van der Waals surface area contributed by atoms with Gasteiger partial charge in [-0.05, 0) is 67.2 Å². The number of hydrogen-bond acceptors (Lipinski definition) is 3. The molecule has 0 unspecified atom stereocenters. The summed E-state index contributed by atoms with van der Waals surface area (Å²) >= 11 is 0. The summed E-state index contributed by atoms with van der Waals surface area (Å²) in [5.74, 6) is -0.288. The number of benzene rings is 2. The number of halogens is 1. The van der Waals surface area contributed by atoms with E-state index in [4.69, 9.17) is 10.7 Å². The van der Waals surface area contributed by atoms with Gasteiger partial charge < -0.3 is 10.7 Å². The number of hydrogen-bond donors (Lipinski definition) is 2. The van der Waals surface area contributed by atoms with Crippen molar-refractivity contribution in [3.8, 4) is 6.07 Å². The number of allylic oxidation sites excluding steroid dienone is 1. The molecule has 25 heavy (non-hydrogen) atoms. The van der Waals surface area contributed by atoms with Crippen molar-refractivity contribution in [2.75, 3.05) is 7.05 Å². The summed E-state index contributed by atoms with van der Waals surface area (Å²) in [5, 5.41) is 18.9. The molecule has 0 saturated heterocycles. The van der Waals surface area contributed by atoms with E-state index in [1.165, 1.54) is 11.6 Å². The molecule has 2 N–H and O–H groups in total. The lowest BCUT2D eigenvalue weighted by Gasteiger charge is -2.10. The van der Waals surface area contributed by atoms with Gasteiger partial charge in [0.25, 0.3) is 0 Å². The van der Waals surface area contributed by atoms with Crippen molar-refractivity contribution in [2.24, 2.45) is 0 Å². The Morgan fingerprint density at radius 3 is 2.36 bits per heavy atom. The van der Waals surface area contributed by atoms with Crippen LogP contribution in [0.1, 0.15) is 35.1 Å². The molecule has 0 aliphatic rings. The minimum atomic E-state index is -0.288. The van der Waals surface area contributed by atoms with Crippen LogP contribution >= 0.6 is 0 Å². The average molecular weight is 335 g/mol. The Labute approximate surface area is 148 Å². The smallest absolute Gasteiger partial charge is 0.132 e. The first-order valence-electron chi connectivity index (χ1n) is 8.34. The van der Waals surface area contributed by atoms with E-state index < -0.39 is 0 Å². The first-order valence-corrected chi connectivity index (χ1v) is 8.34. The van der Waals surface area contributed by atoms with Crippen LogP contribution in [0, 0.1) is 22.6 Å². The molecule has 0 aliphatic carbocycles. The molecule has 3 nitrogen and oxygen atoms in total. The van der Waals surface area contributed by atoms with Gasteiger partial charge in [0.2, 0.25) is 0 Å². The Kier molecular flexibility index (Phi) is 6.91. The van der Waals surface area contributed by atoms with E-state index in [-0.39, 0.29) is 5.82 Å². The number of aryl methyl sites for hydroxylation is 2. The maximum atomic E-state index is 14.0. The molecule has 0 spiro atoms. The van der Waals surface area contributed by atoms with Crippen LogP contribution in [-0.2, 0) is 12.8 Å². The van der Waals surface area contributed by atoms with Crippen molar-refractivity contribution in [2.45, 2.75) is 25.7 Å². The SMILES string of the molecule is CN/C(=C\C=N)c1cc(CCCCc2ccc(C#N)cc2)ccc1F. The average Bonchev–Trinajstić information content (AvgIpc) is 2.65.